The number of aryl methyl sites for hydroxylation is 5. The average molecular weight is 509 g/mol. The molecule has 0 saturated carbocycles. The third-order valence-electron chi connectivity index (χ3n) is 4.86. The molecule has 7 nitrogen and oxygen atoms in total. The van der Waals surface area contributed by atoms with E-state index in [-0.39, 0.29) is 24.0 Å². The van der Waals surface area contributed by atoms with Crippen LogP contribution in [0.25, 0.3) is 11.0 Å². The van der Waals surface area contributed by atoms with Crippen LogP contribution >= 0.6 is 24.0 Å². The number of para-hydroxylation sites is 2. The number of halogens is 1. The second kappa shape index (κ2) is 11.2. The Bertz CT molecular complexity index is 942. The Morgan fingerprint density at radius 1 is 1.03 bits per heavy atom. The van der Waals surface area contributed by atoms with Crippen molar-refractivity contribution in [1.82, 2.24) is 30.0 Å². The van der Waals surface area contributed by atoms with Gasteiger partial charge in [-0.25, -0.2) is 4.98 Å². The topological polar surface area (TPSA) is 72.1 Å². The summed E-state index contributed by atoms with van der Waals surface area (Å²) in [5, 5.41) is 11.3. The summed E-state index contributed by atoms with van der Waals surface area (Å²) in [4.78, 5) is 8.93. The quantitative estimate of drug-likeness (QED) is 0.211. The third-order valence-corrected chi connectivity index (χ3v) is 4.86. The predicted octanol–water partition coefficient (Wildman–Crippen LogP) is 3.42. The summed E-state index contributed by atoms with van der Waals surface area (Å²) >= 11 is 0. The van der Waals surface area contributed by atoms with E-state index in [0.717, 1.165) is 62.0 Å². The van der Waals surface area contributed by atoms with Crippen molar-refractivity contribution in [3.05, 3.63) is 47.5 Å². The van der Waals surface area contributed by atoms with Crippen LogP contribution in [-0.4, -0.2) is 45.4 Å². The molecule has 0 radical (unpaired) electrons. The number of aromatic nitrogens is 4. The van der Waals surface area contributed by atoms with Crippen molar-refractivity contribution < 1.29 is 0 Å². The van der Waals surface area contributed by atoms with Crippen molar-refractivity contribution in [2.45, 2.75) is 46.7 Å². The zero-order valence-electron chi connectivity index (χ0n) is 17.8. The lowest BCUT2D eigenvalue weighted by molar-refractivity contribution is 0.554. The smallest absolute Gasteiger partial charge is 0.190 e. The van der Waals surface area contributed by atoms with E-state index in [1.165, 1.54) is 11.2 Å². The summed E-state index contributed by atoms with van der Waals surface area (Å²) in [6, 6.07) is 10.4. The minimum atomic E-state index is 0. The van der Waals surface area contributed by atoms with E-state index in [1.54, 1.807) is 0 Å². The molecule has 29 heavy (non-hydrogen) atoms. The molecule has 0 atom stereocenters. The summed E-state index contributed by atoms with van der Waals surface area (Å²) in [5.41, 5.74) is 4.55. The van der Waals surface area contributed by atoms with Crippen molar-refractivity contribution >= 4 is 41.0 Å². The van der Waals surface area contributed by atoms with Gasteiger partial charge in [0.1, 0.15) is 5.82 Å². The number of hydrogen-bond acceptors (Lipinski definition) is 3. The second-order valence-corrected chi connectivity index (χ2v) is 7.08. The number of fused-ring (bicyclic) bond motifs is 1. The summed E-state index contributed by atoms with van der Waals surface area (Å²) in [7, 11) is 1.81. The van der Waals surface area contributed by atoms with Crippen LogP contribution < -0.4 is 10.6 Å². The van der Waals surface area contributed by atoms with Crippen LogP contribution in [0.1, 0.15) is 30.1 Å². The van der Waals surface area contributed by atoms with Gasteiger partial charge in [-0.15, -0.1) is 24.0 Å². The maximum atomic E-state index is 4.63. The first-order chi connectivity index (χ1) is 13.6. The number of hydrogen-bond donors (Lipinski definition) is 2. The lowest BCUT2D eigenvalue weighted by atomic mass is 10.3. The molecule has 0 saturated heterocycles. The molecule has 0 unspecified atom stereocenters. The Kier molecular flexibility index (Phi) is 8.94. The molecule has 0 fully saturated rings. The highest BCUT2D eigenvalue weighted by Crippen LogP contribution is 2.15. The average Bonchev–Trinajstić information content (AvgIpc) is 3.18. The number of aliphatic imine (C=N–C) groups is 1. The molecule has 0 bridgehead atoms. The Hall–Kier alpha value is -2.10. The van der Waals surface area contributed by atoms with Gasteiger partial charge < -0.3 is 15.2 Å². The monoisotopic (exact) mass is 509 g/mol. The molecular formula is C21H32IN7. The van der Waals surface area contributed by atoms with E-state index in [2.05, 4.69) is 73.1 Å². The fraction of sp³-hybridized carbons (Fsp3) is 0.476. The third kappa shape index (κ3) is 6.19. The highest BCUT2D eigenvalue weighted by atomic mass is 127. The second-order valence-electron chi connectivity index (χ2n) is 7.08. The highest BCUT2D eigenvalue weighted by Gasteiger charge is 2.06. The summed E-state index contributed by atoms with van der Waals surface area (Å²) in [5.74, 6) is 1.91. The van der Waals surface area contributed by atoms with E-state index < -0.39 is 0 Å². The normalized spacial score (nSPS) is 11.5. The number of nitrogens with one attached hydrogen (secondary N) is 2. The van der Waals surface area contributed by atoms with Gasteiger partial charge in [-0.3, -0.25) is 9.67 Å². The van der Waals surface area contributed by atoms with Gasteiger partial charge in [0, 0.05) is 38.9 Å². The molecular weight excluding hydrogens is 477 g/mol. The molecule has 158 valence electrons. The van der Waals surface area contributed by atoms with Crippen LogP contribution in [0.4, 0.5) is 0 Å². The summed E-state index contributed by atoms with van der Waals surface area (Å²) in [6.07, 6.45) is 2.01. The van der Waals surface area contributed by atoms with E-state index in [4.69, 9.17) is 0 Å². The Balaban J connectivity index is 0.00000300. The maximum Gasteiger partial charge on any atom is 0.190 e. The van der Waals surface area contributed by atoms with Gasteiger partial charge in [0.2, 0.25) is 0 Å². The first kappa shape index (κ1) is 23.2. The SMILES string of the molecule is CN=C(NCCCn1nc(C)cc1C)NCCCn1c(C)nc2ccccc21.I. The molecule has 0 aliphatic heterocycles. The highest BCUT2D eigenvalue weighted by molar-refractivity contribution is 14.0. The van der Waals surface area contributed by atoms with Crippen LogP contribution in [0.2, 0.25) is 0 Å². The number of imidazole rings is 1. The summed E-state index contributed by atoms with van der Waals surface area (Å²) < 4.78 is 4.34. The molecule has 8 heteroatoms. The van der Waals surface area contributed by atoms with Gasteiger partial charge in [-0.05, 0) is 51.8 Å². The Morgan fingerprint density at radius 2 is 1.72 bits per heavy atom. The van der Waals surface area contributed by atoms with Crippen LogP contribution in [0.5, 0.6) is 0 Å². The van der Waals surface area contributed by atoms with E-state index in [0.29, 0.717) is 0 Å². The zero-order valence-corrected chi connectivity index (χ0v) is 20.1. The van der Waals surface area contributed by atoms with E-state index in [1.807, 2.05) is 20.0 Å². The van der Waals surface area contributed by atoms with Crippen molar-refractivity contribution in [3.63, 3.8) is 0 Å². The first-order valence-corrected chi connectivity index (χ1v) is 9.96. The molecule has 0 aliphatic rings. The molecule has 2 N–H and O–H groups in total. The van der Waals surface area contributed by atoms with Crippen LogP contribution in [0.3, 0.4) is 0 Å². The zero-order chi connectivity index (χ0) is 19.9. The molecule has 2 aromatic heterocycles. The minimum absolute atomic E-state index is 0. The van der Waals surface area contributed by atoms with E-state index in [9.17, 15) is 0 Å². The molecule has 3 rings (SSSR count). The Labute approximate surface area is 190 Å². The summed E-state index contributed by atoms with van der Waals surface area (Å²) in [6.45, 7) is 9.77. The van der Waals surface area contributed by atoms with Gasteiger partial charge in [-0.2, -0.15) is 5.10 Å². The fourth-order valence-electron chi connectivity index (χ4n) is 3.48. The molecule has 0 spiro atoms. The molecule has 0 amide bonds. The number of nitrogens with zero attached hydrogens (tertiary/aromatic N) is 5. The molecule has 3 aromatic rings. The first-order valence-electron chi connectivity index (χ1n) is 9.96. The van der Waals surface area contributed by atoms with Crippen molar-refractivity contribution in [3.8, 4) is 0 Å². The number of guanidine groups is 1. The van der Waals surface area contributed by atoms with Gasteiger partial charge >= 0.3 is 0 Å². The van der Waals surface area contributed by atoms with Gasteiger partial charge in [0.15, 0.2) is 5.96 Å². The van der Waals surface area contributed by atoms with Crippen molar-refractivity contribution in [2.24, 2.45) is 4.99 Å². The lowest BCUT2D eigenvalue weighted by Crippen LogP contribution is -2.38. The molecule has 0 aliphatic carbocycles. The van der Waals surface area contributed by atoms with Crippen LogP contribution in [0.15, 0.2) is 35.3 Å². The van der Waals surface area contributed by atoms with Crippen LogP contribution in [0, 0.1) is 20.8 Å². The Morgan fingerprint density at radius 3 is 2.38 bits per heavy atom. The standard InChI is InChI=1S/C21H31N7.HI/c1-16-15-17(2)28(26-16)14-8-12-24-21(22-4)23-11-7-13-27-18(3)25-19-9-5-6-10-20(19)27;/h5-6,9-10,15H,7-8,11-14H2,1-4H3,(H2,22,23,24);1H. The van der Waals surface area contributed by atoms with Crippen molar-refractivity contribution in [1.29, 1.82) is 0 Å². The minimum Gasteiger partial charge on any atom is -0.356 e. The fourth-order valence-corrected chi connectivity index (χ4v) is 3.48. The largest absolute Gasteiger partial charge is 0.356 e. The lowest BCUT2D eigenvalue weighted by Gasteiger charge is -2.13. The van der Waals surface area contributed by atoms with E-state index >= 15 is 0 Å². The molecule has 2 heterocycles. The van der Waals surface area contributed by atoms with Gasteiger partial charge in [-0.1, -0.05) is 12.1 Å². The maximum absolute atomic E-state index is 4.63. The van der Waals surface area contributed by atoms with Gasteiger partial charge in [0.05, 0.1) is 16.7 Å². The molecule has 1 aromatic carbocycles. The number of benzene rings is 1. The predicted molar refractivity (Wildman–Crippen MR) is 130 cm³/mol. The van der Waals surface area contributed by atoms with Crippen molar-refractivity contribution in [2.75, 3.05) is 20.1 Å². The van der Waals surface area contributed by atoms with Crippen LogP contribution in [-0.2, 0) is 13.1 Å². The number of rotatable bonds is 8. The van der Waals surface area contributed by atoms with Gasteiger partial charge in [0.25, 0.3) is 0 Å².